The van der Waals surface area contributed by atoms with Crippen molar-refractivity contribution in [1.29, 1.82) is 0 Å². The topological polar surface area (TPSA) is 61.8 Å². The van der Waals surface area contributed by atoms with Crippen LogP contribution >= 0.6 is 27.3 Å². The Balaban J connectivity index is 2.38. The molecule has 0 bridgehead atoms. The van der Waals surface area contributed by atoms with Crippen molar-refractivity contribution in [3.8, 4) is 0 Å². The second kappa shape index (κ2) is 6.76. The van der Waals surface area contributed by atoms with Crippen molar-refractivity contribution in [3.63, 3.8) is 0 Å². The summed E-state index contributed by atoms with van der Waals surface area (Å²) in [5, 5.41) is 14.1. The fourth-order valence-corrected chi connectivity index (χ4v) is 3.08. The van der Waals surface area contributed by atoms with Gasteiger partial charge in [-0.2, -0.15) is 0 Å². The molecule has 0 aliphatic rings. The summed E-state index contributed by atoms with van der Waals surface area (Å²) in [5.41, 5.74) is 7.47. The first-order chi connectivity index (χ1) is 9.65. The van der Waals surface area contributed by atoms with Gasteiger partial charge in [0.2, 0.25) is 0 Å². The molecule has 6 heteroatoms. The third kappa shape index (κ3) is 3.32. The van der Waals surface area contributed by atoms with E-state index in [0.717, 1.165) is 28.8 Å². The Bertz CT molecular complexity index is 598. The van der Waals surface area contributed by atoms with Crippen molar-refractivity contribution < 1.29 is 5.21 Å². The normalized spacial score (nSPS) is 11.6. The molecular formula is C14H16BrN3OS. The van der Waals surface area contributed by atoms with Gasteiger partial charge in [0.25, 0.3) is 0 Å². The van der Waals surface area contributed by atoms with E-state index < -0.39 is 0 Å². The highest BCUT2D eigenvalue weighted by molar-refractivity contribution is 9.10. The van der Waals surface area contributed by atoms with Gasteiger partial charge in [-0.15, -0.1) is 11.3 Å². The van der Waals surface area contributed by atoms with Gasteiger partial charge < -0.3 is 15.8 Å². The molecular weight excluding hydrogens is 338 g/mol. The van der Waals surface area contributed by atoms with E-state index in [1.165, 1.54) is 4.88 Å². The van der Waals surface area contributed by atoms with Gasteiger partial charge in [0.15, 0.2) is 5.84 Å². The summed E-state index contributed by atoms with van der Waals surface area (Å²) in [6.45, 7) is 3.73. The predicted octanol–water partition coefficient (Wildman–Crippen LogP) is 3.63. The number of benzene rings is 1. The second-order valence-electron chi connectivity index (χ2n) is 4.24. The minimum absolute atomic E-state index is 0.117. The van der Waals surface area contributed by atoms with Crippen LogP contribution in [0.2, 0.25) is 0 Å². The maximum absolute atomic E-state index is 8.95. The Morgan fingerprint density at radius 1 is 1.45 bits per heavy atom. The predicted molar refractivity (Wildman–Crippen MR) is 87.7 cm³/mol. The van der Waals surface area contributed by atoms with Gasteiger partial charge in [-0.3, -0.25) is 0 Å². The van der Waals surface area contributed by atoms with E-state index in [1.807, 2.05) is 24.3 Å². The van der Waals surface area contributed by atoms with Crippen LogP contribution in [0.25, 0.3) is 0 Å². The van der Waals surface area contributed by atoms with Gasteiger partial charge in [0, 0.05) is 27.1 Å². The number of amidine groups is 1. The van der Waals surface area contributed by atoms with Crippen LogP contribution in [0.4, 0.5) is 5.69 Å². The van der Waals surface area contributed by atoms with Crippen LogP contribution in [0.15, 0.2) is 45.3 Å². The summed E-state index contributed by atoms with van der Waals surface area (Å²) in [6, 6.07) is 9.95. The van der Waals surface area contributed by atoms with Crippen LogP contribution in [-0.2, 0) is 6.54 Å². The molecule has 0 fully saturated rings. The van der Waals surface area contributed by atoms with Gasteiger partial charge in [0.1, 0.15) is 0 Å². The van der Waals surface area contributed by atoms with Gasteiger partial charge >= 0.3 is 0 Å². The van der Waals surface area contributed by atoms with Crippen molar-refractivity contribution in [2.24, 2.45) is 10.9 Å². The zero-order chi connectivity index (χ0) is 14.5. The number of rotatable bonds is 5. The van der Waals surface area contributed by atoms with Crippen LogP contribution in [0.5, 0.6) is 0 Å². The Hall–Kier alpha value is -1.53. The van der Waals surface area contributed by atoms with Crippen molar-refractivity contribution in [3.05, 3.63) is 50.6 Å². The molecule has 3 N–H and O–H groups in total. The molecule has 0 amide bonds. The minimum atomic E-state index is 0.117. The van der Waals surface area contributed by atoms with E-state index in [0.29, 0.717) is 0 Å². The van der Waals surface area contributed by atoms with E-state index in [4.69, 9.17) is 10.9 Å². The van der Waals surface area contributed by atoms with Crippen molar-refractivity contribution in [2.45, 2.75) is 13.5 Å². The molecule has 0 spiro atoms. The number of nitrogens with two attached hydrogens (primary N) is 1. The second-order valence-corrected chi connectivity index (χ2v) is 6.19. The molecule has 4 nitrogen and oxygen atoms in total. The summed E-state index contributed by atoms with van der Waals surface area (Å²) in [4.78, 5) is 3.48. The third-order valence-corrected chi connectivity index (χ3v) is 4.35. The number of oxime groups is 1. The first kappa shape index (κ1) is 14.9. The minimum Gasteiger partial charge on any atom is -0.409 e. The third-order valence-electron chi connectivity index (χ3n) is 2.99. The van der Waals surface area contributed by atoms with Crippen LogP contribution in [0, 0.1) is 0 Å². The average Bonchev–Trinajstić information content (AvgIpc) is 2.97. The van der Waals surface area contributed by atoms with Gasteiger partial charge in [-0.1, -0.05) is 27.2 Å². The van der Waals surface area contributed by atoms with Gasteiger partial charge in [0.05, 0.1) is 6.54 Å². The number of thiophene rings is 1. The molecule has 1 heterocycles. The quantitative estimate of drug-likeness (QED) is 0.373. The zero-order valence-electron chi connectivity index (χ0n) is 11.1. The first-order valence-corrected chi connectivity index (χ1v) is 7.87. The fraction of sp³-hybridized carbons (Fsp3) is 0.214. The Morgan fingerprint density at radius 3 is 2.85 bits per heavy atom. The standard InChI is InChI=1S/C14H16BrN3OS/c1-2-18(9-11-4-3-7-20-11)13-6-5-10(15)8-12(13)14(16)17-19/h3-8,19H,2,9H2,1H3,(H2,16,17). The fourth-order valence-electron chi connectivity index (χ4n) is 2.00. The molecule has 2 rings (SSSR count). The molecule has 0 saturated heterocycles. The molecule has 0 radical (unpaired) electrons. The van der Waals surface area contributed by atoms with Gasteiger partial charge in [-0.05, 0) is 36.6 Å². The molecule has 20 heavy (non-hydrogen) atoms. The lowest BCUT2D eigenvalue weighted by molar-refractivity contribution is 0.318. The molecule has 0 saturated carbocycles. The smallest absolute Gasteiger partial charge is 0.172 e. The van der Waals surface area contributed by atoms with Crippen molar-refractivity contribution >= 4 is 38.8 Å². The summed E-state index contributed by atoms with van der Waals surface area (Å²) in [6.07, 6.45) is 0. The lowest BCUT2D eigenvalue weighted by atomic mass is 10.1. The van der Waals surface area contributed by atoms with Crippen molar-refractivity contribution in [1.82, 2.24) is 0 Å². The number of anilines is 1. The number of hydrogen-bond acceptors (Lipinski definition) is 4. The highest BCUT2D eigenvalue weighted by atomic mass is 79.9. The first-order valence-electron chi connectivity index (χ1n) is 6.20. The summed E-state index contributed by atoms with van der Waals surface area (Å²) in [5.74, 6) is 0.117. The molecule has 1 aromatic heterocycles. The monoisotopic (exact) mass is 353 g/mol. The number of halogens is 1. The molecule has 1 aromatic carbocycles. The van der Waals surface area contributed by atoms with E-state index in [1.54, 1.807) is 11.3 Å². The lowest BCUT2D eigenvalue weighted by Crippen LogP contribution is -2.25. The highest BCUT2D eigenvalue weighted by Gasteiger charge is 2.14. The molecule has 0 aliphatic heterocycles. The van der Waals surface area contributed by atoms with Crippen LogP contribution < -0.4 is 10.6 Å². The van der Waals surface area contributed by atoms with E-state index in [-0.39, 0.29) is 5.84 Å². The molecule has 106 valence electrons. The largest absolute Gasteiger partial charge is 0.409 e. The van der Waals surface area contributed by atoms with Gasteiger partial charge in [-0.25, -0.2) is 0 Å². The Kier molecular flexibility index (Phi) is 5.03. The maximum atomic E-state index is 8.95. The summed E-state index contributed by atoms with van der Waals surface area (Å²) in [7, 11) is 0. The number of nitrogens with zero attached hydrogens (tertiary/aromatic N) is 2. The maximum Gasteiger partial charge on any atom is 0.172 e. The van der Waals surface area contributed by atoms with Crippen LogP contribution in [0.1, 0.15) is 17.4 Å². The van der Waals surface area contributed by atoms with Crippen LogP contribution in [0.3, 0.4) is 0 Å². The average molecular weight is 354 g/mol. The Labute approximate surface area is 130 Å². The van der Waals surface area contributed by atoms with Crippen molar-refractivity contribution in [2.75, 3.05) is 11.4 Å². The van der Waals surface area contributed by atoms with E-state index in [9.17, 15) is 0 Å². The summed E-state index contributed by atoms with van der Waals surface area (Å²) >= 11 is 5.14. The SMILES string of the molecule is CCN(Cc1cccs1)c1ccc(Br)cc1/C(N)=N/O. The highest BCUT2D eigenvalue weighted by Crippen LogP contribution is 2.26. The summed E-state index contributed by atoms with van der Waals surface area (Å²) < 4.78 is 0.898. The lowest BCUT2D eigenvalue weighted by Gasteiger charge is -2.25. The number of hydrogen-bond donors (Lipinski definition) is 2. The molecule has 2 aromatic rings. The molecule has 0 atom stereocenters. The van der Waals surface area contributed by atoms with Crippen LogP contribution in [-0.4, -0.2) is 17.6 Å². The van der Waals surface area contributed by atoms with E-state index >= 15 is 0 Å². The molecule has 0 aliphatic carbocycles. The zero-order valence-corrected chi connectivity index (χ0v) is 13.5. The Morgan fingerprint density at radius 2 is 2.25 bits per heavy atom. The molecule has 0 unspecified atom stereocenters. The van der Waals surface area contributed by atoms with E-state index in [2.05, 4.69) is 44.4 Å².